The van der Waals surface area contributed by atoms with E-state index in [1.807, 2.05) is 0 Å². The number of aryl methyl sites for hydroxylation is 1. The van der Waals surface area contributed by atoms with Gasteiger partial charge in [0, 0.05) is 11.8 Å². The SMILES string of the molecule is Cc1cc(=O)[nH]c(NC(N)=O)n1. The molecule has 1 aromatic rings. The van der Waals surface area contributed by atoms with Crippen LogP contribution in [0.15, 0.2) is 10.9 Å². The number of urea groups is 1. The number of anilines is 1. The topological polar surface area (TPSA) is 101 Å². The van der Waals surface area contributed by atoms with Crippen molar-refractivity contribution in [1.82, 2.24) is 9.97 Å². The Morgan fingerprint density at radius 2 is 2.42 bits per heavy atom. The number of primary amides is 1. The zero-order chi connectivity index (χ0) is 9.14. The highest BCUT2D eigenvalue weighted by Gasteiger charge is 1.98. The number of nitrogens with zero attached hydrogens (tertiary/aromatic N) is 1. The fourth-order valence-electron chi connectivity index (χ4n) is 0.755. The first-order valence-corrected chi connectivity index (χ1v) is 3.22. The van der Waals surface area contributed by atoms with Crippen molar-refractivity contribution in [1.29, 1.82) is 0 Å². The van der Waals surface area contributed by atoms with Crippen LogP contribution in [0.5, 0.6) is 0 Å². The predicted molar refractivity (Wildman–Crippen MR) is 42.8 cm³/mol. The van der Waals surface area contributed by atoms with Crippen LogP contribution in [0.3, 0.4) is 0 Å². The Kier molecular flexibility index (Phi) is 2.09. The Hall–Kier alpha value is -1.85. The first kappa shape index (κ1) is 8.25. The molecule has 4 N–H and O–H groups in total. The molecule has 0 saturated heterocycles. The third kappa shape index (κ3) is 2.08. The van der Waals surface area contributed by atoms with Crippen LogP contribution < -0.4 is 16.6 Å². The number of H-pyrrole nitrogens is 1. The summed E-state index contributed by atoms with van der Waals surface area (Å²) >= 11 is 0. The Balaban J connectivity index is 3.01. The first-order valence-electron chi connectivity index (χ1n) is 3.22. The molecular weight excluding hydrogens is 160 g/mol. The van der Waals surface area contributed by atoms with Crippen LogP contribution in [0, 0.1) is 6.92 Å². The molecule has 64 valence electrons. The van der Waals surface area contributed by atoms with Gasteiger partial charge in [-0.05, 0) is 6.92 Å². The van der Waals surface area contributed by atoms with Crippen LogP contribution >= 0.6 is 0 Å². The molecule has 0 atom stereocenters. The summed E-state index contributed by atoms with van der Waals surface area (Å²) in [7, 11) is 0. The molecular formula is C6H8N4O2. The Bertz CT molecular complexity index is 357. The van der Waals surface area contributed by atoms with Gasteiger partial charge in [-0.25, -0.2) is 9.78 Å². The van der Waals surface area contributed by atoms with Gasteiger partial charge in [0.05, 0.1) is 0 Å². The minimum atomic E-state index is -0.760. The molecule has 2 amide bonds. The summed E-state index contributed by atoms with van der Waals surface area (Å²) in [5, 5.41) is 2.16. The Morgan fingerprint density at radius 1 is 1.75 bits per heavy atom. The summed E-state index contributed by atoms with van der Waals surface area (Å²) in [6, 6.07) is 0.551. The average Bonchev–Trinajstić information content (AvgIpc) is 1.81. The molecule has 0 aliphatic rings. The third-order valence-corrected chi connectivity index (χ3v) is 1.11. The van der Waals surface area contributed by atoms with Crippen molar-refractivity contribution in [2.75, 3.05) is 5.32 Å². The monoisotopic (exact) mass is 168 g/mol. The Labute approximate surface area is 67.8 Å². The lowest BCUT2D eigenvalue weighted by Gasteiger charge is -1.99. The van der Waals surface area contributed by atoms with Crippen molar-refractivity contribution in [2.24, 2.45) is 5.73 Å². The standard InChI is InChI=1S/C6H8N4O2/c1-3-2-4(11)9-6(8-3)10-5(7)12/h2H,1H3,(H4,7,8,9,10,11,12). The molecule has 0 radical (unpaired) electrons. The van der Waals surface area contributed by atoms with Crippen LogP contribution in [0.2, 0.25) is 0 Å². The molecule has 0 fully saturated rings. The van der Waals surface area contributed by atoms with E-state index in [-0.39, 0.29) is 11.5 Å². The number of hydrogen-bond acceptors (Lipinski definition) is 3. The molecule has 0 saturated carbocycles. The molecule has 0 spiro atoms. The van der Waals surface area contributed by atoms with Crippen LogP contribution in [0.1, 0.15) is 5.69 Å². The lowest BCUT2D eigenvalue weighted by molar-refractivity contribution is 0.259. The summed E-state index contributed by atoms with van der Waals surface area (Å²) in [6.45, 7) is 1.64. The van der Waals surface area contributed by atoms with E-state index in [0.29, 0.717) is 5.69 Å². The van der Waals surface area contributed by atoms with Gasteiger partial charge in [-0.2, -0.15) is 0 Å². The Morgan fingerprint density at radius 3 is 2.92 bits per heavy atom. The highest BCUT2D eigenvalue weighted by atomic mass is 16.2. The lowest BCUT2D eigenvalue weighted by Crippen LogP contribution is -2.23. The van der Waals surface area contributed by atoms with E-state index in [2.05, 4.69) is 15.3 Å². The van der Waals surface area contributed by atoms with Crippen molar-refractivity contribution in [3.63, 3.8) is 0 Å². The van der Waals surface area contributed by atoms with Crippen LogP contribution in [-0.2, 0) is 0 Å². The maximum Gasteiger partial charge on any atom is 0.318 e. The fourth-order valence-corrected chi connectivity index (χ4v) is 0.755. The van der Waals surface area contributed by atoms with E-state index in [4.69, 9.17) is 5.73 Å². The molecule has 1 rings (SSSR count). The van der Waals surface area contributed by atoms with E-state index in [1.54, 1.807) is 6.92 Å². The highest BCUT2D eigenvalue weighted by Crippen LogP contribution is 1.93. The highest BCUT2D eigenvalue weighted by molar-refractivity contribution is 5.85. The molecule has 0 aliphatic carbocycles. The van der Waals surface area contributed by atoms with E-state index in [1.165, 1.54) is 6.07 Å². The molecule has 0 unspecified atom stereocenters. The number of carbonyl (C=O) groups is 1. The molecule has 0 aromatic carbocycles. The van der Waals surface area contributed by atoms with Gasteiger partial charge in [0.1, 0.15) is 0 Å². The van der Waals surface area contributed by atoms with Gasteiger partial charge < -0.3 is 5.73 Å². The molecule has 0 bridgehead atoms. The number of amides is 2. The summed E-state index contributed by atoms with van der Waals surface area (Å²) < 4.78 is 0. The molecule has 1 aromatic heterocycles. The maximum absolute atomic E-state index is 10.8. The van der Waals surface area contributed by atoms with E-state index in [9.17, 15) is 9.59 Å². The average molecular weight is 168 g/mol. The van der Waals surface area contributed by atoms with Gasteiger partial charge >= 0.3 is 6.03 Å². The zero-order valence-corrected chi connectivity index (χ0v) is 6.42. The number of nitrogens with one attached hydrogen (secondary N) is 2. The molecule has 12 heavy (non-hydrogen) atoms. The van der Waals surface area contributed by atoms with Crippen LogP contribution in [0.25, 0.3) is 0 Å². The van der Waals surface area contributed by atoms with Crippen molar-refractivity contribution < 1.29 is 4.79 Å². The number of aromatic nitrogens is 2. The largest absolute Gasteiger partial charge is 0.351 e. The van der Waals surface area contributed by atoms with Gasteiger partial charge in [0.2, 0.25) is 5.95 Å². The lowest BCUT2D eigenvalue weighted by atomic mass is 10.4. The number of hydrogen-bond donors (Lipinski definition) is 3. The summed E-state index contributed by atoms with van der Waals surface area (Å²) in [5.41, 5.74) is 5.00. The van der Waals surface area contributed by atoms with Gasteiger partial charge in [-0.3, -0.25) is 15.1 Å². The number of rotatable bonds is 1. The summed E-state index contributed by atoms with van der Waals surface area (Å²) in [5.74, 6) is 0.0625. The maximum atomic E-state index is 10.8. The quantitative estimate of drug-likeness (QED) is 0.530. The number of aromatic amines is 1. The first-order chi connectivity index (χ1) is 5.58. The fraction of sp³-hybridized carbons (Fsp3) is 0.167. The normalized spacial score (nSPS) is 9.42. The second kappa shape index (κ2) is 3.04. The molecule has 6 heteroatoms. The zero-order valence-electron chi connectivity index (χ0n) is 6.42. The molecule has 6 nitrogen and oxygen atoms in total. The van der Waals surface area contributed by atoms with Crippen molar-refractivity contribution in [3.8, 4) is 0 Å². The minimum absolute atomic E-state index is 0.0625. The van der Waals surface area contributed by atoms with Gasteiger partial charge in [0.15, 0.2) is 0 Å². The van der Waals surface area contributed by atoms with Crippen LogP contribution in [0.4, 0.5) is 10.7 Å². The smallest absolute Gasteiger partial charge is 0.318 e. The third-order valence-electron chi connectivity index (χ3n) is 1.11. The minimum Gasteiger partial charge on any atom is -0.351 e. The number of nitrogens with two attached hydrogens (primary N) is 1. The van der Waals surface area contributed by atoms with Crippen LogP contribution in [-0.4, -0.2) is 16.0 Å². The predicted octanol–water partition coefficient (Wildman–Crippen LogP) is -0.431. The van der Waals surface area contributed by atoms with Gasteiger partial charge in [0.25, 0.3) is 5.56 Å². The summed E-state index contributed by atoms with van der Waals surface area (Å²) in [6.07, 6.45) is 0. The second-order valence-electron chi connectivity index (χ2n) is 2.22. The van der Waals surface area contributed by atoms with E-state index >= 15 is 0 Å². The van der Waals surface area contributed by atoms with Crippen molar-refractivity contribution in [2.45, 2.75) is 6.92 Å². The second-order valence-corrected chi connectivity index (χ2v) is 2.22. The van der Waals surface area contributed by atoms with Crippen molar-refractivity contribution >= 4 is 12.0 Å². The van der Waals surface area contributed by atoms with E-state index in [0.717, 1.165) is 0 Å². The summed E-state index contributed by atoms with van der Waals surface area (Å²) in [4.78, 5) is 27.3. The van der Waals surface area contributed by atoms with E-state index < -0.39 is 6.03 Å². The molecule has 1 heterocycles. The van der Waals surface area contributed by atoms with Crippen molar-refractivity contribution in [3.05, 3.63) is 22.1 Å². The number of carbonyl (C=O) groups excluding carboxylic acids is 1. The molecule has 0 aliphatic heterocycles. The van der Waals surface area contributed by atoms with Gasteiger partial charge in [-0.1, -0.05) is 0 Å². The van der Waals surface area contributed by atoms with Gasteiger partial charge in [-0.15, -0.1) is 0 Å².